The van der Waals surface area contributed by atoms with E-state index in [9.17, 15) is 32.2 Å². The summed E-state index contributed by atoms with van der Waals surface area (Å²) < 4.78 is 59.1. The zero-order valence-electron chi connectivity index (χ0n) is 20.1. The van der Waals surface area contributed by atoms with Gasteiger partial charge in [-0.3, -0.25) is 4.79 Å². The zero-order valence-corrected chi connectivity index (χ0v) is 20.9. The van der Waals surface area contributed by atoms with Crippen LogP contribution in [0.5, 0.6) is 0 Å². The van der Waals surface area contributed by atoms with Crippen molar-refractivity contribution in [2.45, 2.75) is 75.0 Å². The molecule has 4 N–H and O–H groups in total. The van der Waals surface area contributed by atoms with Crippen molar-refractivity contribution in [3.8, 4) is 0 Å². The molecule has 1 aromatic carbocycles. The van der Waals surface area contributed by atoms with E-state index in [1.165, 1.54) is 6.07 Å². The highest BCUT2D eigenvalue weighted by atomic mass is 32.2. The van der Waals surface area contributed by atoms with Crippen LogP contribution in [0.1, 0.15) is 60.3 Å². The number of nitrogens with one attached hydrogen (secondary N) is 2. The average molecular weight is 524 g/mol. The van der Waals surface area contributed by atoms with Gasteiger partial charge in [-0.1, -0.05) is 0 Å². The van der Waals surface area contributed by atoms with Crippen molar-refractivity contribution in [2.24, 2.45) is 11.8 Å². The molecule has 1 amide bonds. The number of rotatable bonds is 6. The van der Waals surface area contributed by atoms with Crippen LogP contribution in [0.25, 0.3) is 0 Å². The summed E-state index contributed by atoms with van der Waals surface area (Å²) in [5.41, 5.74) is -0.0333. The molecular weight excluding hydrogens is 492 g/mol. The highest BCUT2D eigenvalue weighted by Gasteiger charge is 2.50. The molecule has 2 saturated carbocycles. The van der Waals surface area contributed by atoms with Crippen LogP contribution < -0.4 is 10.0 Å². The minimum absolute atomic E-state index is 0.0716. The van der Waals surface area contributed by atoms with E-state index in [0.717, 1.165) is 37.8 Å². The maximum atomic E-state index is 13.8. The molecule has 0 saturated heterocycles. The molecule has 1 aromatic heterocycles. The van der Waals surface area contributed by atoms with Gasteiger partial charge in [-0.2, -0.15) is 0 Å². The van der Waals surface area contributed by atoms with Gasteiger partial charge in [0.25, 0.3) is 5.91 Å². The highest BCUT2D eigenvalue weighted by molar-refractivity contribution is 7.89. The second-order valence-corrected chi connectivity index (χ2v) is 12.1. The first-order chi connectivity index (χ1) is 17.0. The largest absolute Gasteiger partial charge is 0.393 e. The quantitative estimate of drug-likeness (QED) is 0.464. The number of aliphatic hydroxyl groups excluding tert-OH is 1. The summed E-state index contributed by atoms with van der Waals surface area (Å²) in [7, 11) is -4.00. The minimum atomic E-state index is -4.00. The van der Waals surface area contributed by atoms with Crippen LogP contribution in [0.3, 0.4) is 0 Å². The fraction of sp³-hybridized carbons (Fsp3) is 0.560. The van der Waals surface area contributed by atoms with Crippen LogP contribution in [0.4, 0.5) is 14.5 Å². The standard InChI is InChI=1S/C25H31F2N3O5S/c1-14-22(24(32)28-17-7-8-18(26)19(27)10-17)30-9-3-2-4-20(30)23(14)36(34,35)29-21-15-5-6-16(21)12-25(33,11-15)13-31/h7-8,10,15-16,21,29,31,33H,2-6,9,11-13H2,1H3,(H,28,32). The molecule has 2 aromatic rings. The lowest BCUT2D eigenvalue weighted by molar-refractivity contribution is -0.0672. The fourth-order valence-electron chi connectivity index (χ4n) is 6.50. The molecule has 8 nitrogen and oxygen atoms in total. The number of carbonyl (C=O) groups excluding carboxylic acids is 1. The van der Waals surface area contributed by atoms with Gasteiger partial charge in [0.1, 0.15) is 10.6 Å². The van der Waals surface area contributed by atoms with E-state index in [0.29, 0.717) is 37.1 Å². The normalized spacial score (nSPS) is 27.6. The van der Waals surface area contributed by atoms with Gasteiger partial charge in [-0.25, -0.2) is 21.9 Å². The Morgan fingerprint density at radius 2 is 1.86 bits per heavy atom. The Morgan fingerprint density at radius 1 is 1.17 bits per heavy atom. The molecule has 36 heavy (non-hydrogen) atoms. The zero-order chi connectivity index (χ0) is 25.8. The lowest BCUT2D eigenvalue weighted by Crippen LogP contribution is -2.52. The minimum Gasteiger partial charge on any atom is -0.393 e. The van der Waals surface area contributed by atoms with Crippen molar-refractivity contribution < 1.29 is 32.2 Å². The Bertz CT molecular complexity index is 1300. The van der Waals surface area contributed by atoms with E-state index in [1.54, 1.807) is 11.5 Å². The lowest BCUT2D eigenvalue weighted by Gasteiger charge is -2.40. The van der Waals surface area contributed by atoms with E-state index < -0.39 is 33.2 Å². The number of fused-ring (bicyclic) bond motifs is 3. The SMILES string of the molecule is Cc1c(S(=O)(=O)NC2C3CCC2CC(O)(CO)C3)c2n(c1C(=O)Nc1ccc(F)c(F)c1)CCCC2. The van der Waals surface area contributed by atoms with Crippen molar-refractivity contribution in [3.63, 3.8) is 0 Å². The molecule has 2 fully saturated rings. The molecule has 3 aliphatic rings. The molecule has 11 heteroatoms. The second kappa shape index (κ2) is 9.20. The number of amides is 1. The summed E-state index contributed by atoms with van der Waals surface area (Å²) in [5.74, 6) is -2.87. The molecule has 2 aliphatic carbocycles. The topological polar surface area (TPSA) is 121 Å². The van der Waals surface area contributed by atoms with Gasteiger partial charge < -0.3 is 20.1 Å². The van der Waals surface area contributed by atoms with Gasteiger partial charge in [-0.05, 0) is 75.8 Å². The second-order valence-electron chi connectivity index (χ2n) is 10.5. The number of benzene rings is 1. The number of hydrogen-bond acceptors (Lipinski definition) is 5. The van der Waals surface area contributed by atoms with Gasteiger partial charge in [0.05, 0.1) is 12.2 Å². The fourth-order valence-corrected chi connectivity index (χ4v) is 8.39. The molecule has 196 valence electrons. The Labute approximate surface area is 208 Å². The van der Waals surface area contributed by atoms with Crippen LogP contribution in [0, 0.1) is 30.4 Å². The van der Waals surface area contributed by atoms with Gasteiger partial charge in [0.2, 0.25) is 10.0 Å². The average Bonchev–Trinajstić information content (AvgIpc) is 3.25. The predicted molar refractivity (Wildman–Crippen MR) is 128 cm³/mol. The van der Waals surface area contributed by atoms with Crippen molar-refractivity contribution >= 4 is 21.6 Å². The van der Waals surface area contributed by atoms with Gasteiger partial charge in [-0.15, -0.1) is 0 Å². The molecule has 5 rings (SSSR count). The first-order valence-electron chi connectivity index (χ1n) is 12.4. The number of nitrogens with zero attached hydrogens (tertiary/aromatic N) is 1. The first kappa shape index (κ1) is 25.3. The van der Waals surface area contributed by atoms with Crippen molar-refractivity contribution in [1.82, 2.24) is 9.29 Å². The van der Waals surface area contributed by atoms with Gasteiger partial charge in [0.15, 0.2) is 11.6 Å². The molecular formula is C25H31F2N3O5S. The number of sulfonamides is 1. The molecule has 2 atom stereocenters. The number of carbonyl (C=O) groups is 1. The monoisotopic (exact) mass is 523 g/mol. The molecule has 1 aliphatic heterocycles. The van der Waals surface area contributed by atoms with E-state index in [4.69, 9.17) is 0 Å². The maximum absolute atomic E-state index is 13.8. The third kappa shape index (κ3) is 4.36. The van der Waals surface area contributed by atoms with Gasteiger partial charge >= 0.3 is 0 Å². The Hall–Kier alpha value is -2.34. The number of halogens is 2. The summed E-state index contributed by atoms with van der Waals surface area (Å²) in [6.07, 6.45) is 4.28. The van der Waals surface area contributed by atoms with Crippen molar-refractivity contribution in [1.29, 1.82) is 0 Å². The van der Waals surface area contributed by atoms with Crippen molar-refractivity contribution in [3.05, 3.63) is 46.8 Å². The lowest BCUT2D eigenvalue weighted by atomic mass is 9.75. The summed E-state index contributed by atoms with van der Waals surface area (Å²) >= 11 is 0. The third-order valence-electron chi connectivity index (χ3n) is 8.05. The van der Waals surface area contributed by atoms with E-state index in [2.05, 4.69) is 10.0 Å². The Balaban J connectivity index is 1.47. The van der Waals surface area contributed by atoms with Crippen LogP contribution >= 0.6 is 0 Å². The molecule has 2 heterocycles. The van der Waals surface area contributed by atoms with Crippen LogP contribution in [-0.2, 0) is 23.0 Å². The number of anilines is 1. The Kier molecular flexibility index (Phi) is 6.47. The molecule has 2 bridgehead atoms. The first-order valence-corrected chi connectivity index (χ1v) is 13.9. The summed E-state index contributed by atoms with van der Waals surface area (Å²) in [6, 6.07) is 2.70. The van der Waals surface area contributed by atoms with Gasteiger partial charge in [0, 0.05) is 35.6 Å². The number of aliphatic hydroxyl groups is 2. The molecule has 2 unspecified atom stereocenters. The van der Waals surface area contributed by atoms with Crippen LogP contribution in [0.2, 0.25) is 0 Å². The molecule has 0 radical (unpaired) electrons. The van der Waals surface area contributed by atoms with E-state index >= 15 is 0 Å². The summed E-state index contributed by atoms with van der Waals surface area (Å²) in [5, 5.41) is 22.8. The van der Waals surface area contributed by atoms with E-state index in [-0.39, 0.29) is 40.8 Å². The third-order valence-corrected chi connectivity index (χ3v) is 9.72. The van der Waals surface area contributed by atoms with Crippen LogP contribution in [-0.4, -0.2) is 47.4 Å². The highest BCUT2D eigenvalue weighted by Crippen LogP contribution is 2.47. The van der Waals surface area contributed by atoms with E-state index in [1.807, 2.05) is 0 Å². The Morgan fingerprint density at radius 3 is 2.50 bits per heavy atom. The smallest absolute Gasteiger partial charge is 0.272 e. The van der Waals surface area contributed by atoms with Crippen molar-refractivity contribution in [2.75, 3.05) is 11.9 Å². The predicted octanol–water partition coefficient (Wildman–Crippen LogP) is 2.85. The maximum Gasteiger partial charge on any atom is 0.272 e. The summed E-state index contributed by atoms with van der Waals surface area (Å²) in [4.78, 5) is 13.3. The number of aromatic nitrogens is 1. The molecule has 0 spiro atoms. The summed E-state index contributed by atoms with van der Waals surface area (Å²) in [6.45, 7) is 1.73. The van der Waals surface area contributed by atoms with Crippen LogP contribution in [0.15, 0.2) is 23.1 Å². The number of hydrogen-bond donors (Lipinski definition) is 4.